The van der Waals surface area contributed by atoms with Gasteiger partial charge in [-0.25, -0.2) is 9.78 Å². The Hall–Kier alpha value is -2.41. The zero-order chi connectivity index (χ0) is 14.7. The van der Waals surface area contributed by atoms with Gasteiger partial charge in [-0.2, -0.15) is 0 Å². The molecule has 7 heteroatoms. The van der Waals surface area contributed by atoms with E-state index in [2.05, 4.69) is 4.98 Å². The molecule has 0 radical (unpaired) electrons. The predicted molar refractivity (Wildman–Crippen MR) is 73.2 cm³/mol. The third kappa shape index (κ3) is 2.94. The van der Waals surface area contributed by atoms with Gasteiger partial charge in [-0.1, -0.05) is 23.9 Å². The number of hydrogen-bond acceptors (Lipinski definition) is 5. The van der Waals surface area contributed by atoms with Crippen molar-refractivity contribution in [3.63, 3.8) is 0 Å². The zero-order valence-electron chi connectivity index (χ0n) is 10.4. The summed E-state index contributed by atoms with van der Waals surface area (Å²) in [7, 11) is 0. The number of nitro benzene ring substituents is 1. The van der Waals surface area contributed by atoms with E-state index in [-0.39, 0.29) is 11.3 Å². The van der Waals surface area contributed by atoms with Gasteiger partial charge in [0.25, 0.3) is 5.69 Å². The molecule has 0 saturated carbocycles. The maximum atomic E-state index is 11.0. The molecule has 0 amide bonds. The van der Waals surface area contributed by atoms with Crippen LogP contribution in [0.4, 0.5) is 5.69 Å². The molecule has 2 aromatic rings. The van der Waals surface area contributed by atoms with Crippen LogP contribution in [0.2, 0.25) is 0 Å². The van der Waals surface area contributed by atoms with Gasteiger partial charge in [0.15, 0.2) is 0 Å². The summed E-state index contributed by atoms with van der Waals surface area (Å²) in [5.41, 5.74) is 0.822. The Kier molecular flexibility index (Phi) is 3.99. The van der Waals surface area contributed by atoms with Crippen LogP contribution in [-0.4, -0.2) is 21.0 Å². The van der Waals surface area contributed by atoms with Crippen LogP contribution in [0.25, 0.3) is 0 Å². The fourth-order valence-corrected chi connectivity index (χ4v) is 2.60. The number of aromatic carboxylic acids is 1. The number of aromatic nitrogens is 1. The summed E-state index contributed by atoms with van der Waals surface area (Å²) in [5, 5.41) is 20.3. The fourth-order valence-electron chi connectivity index (χ4n) is 1.62. The fraction of sp³-hybridized carbons (Fsp3) is 0.0769. The third-order valence-electron chi connectivity index (χ3n) is 2.58. The van der Waals surface area contributed by atoms with Crippen molar-refractivity contribution in [2.24, 2.45) is 0 Å². The standard InChI is InChI=1S/C13H10N2O4S/c1-8-3-2-4-10(15(18)19)12(8)20-11-7-9(13(16)17)5-6-14-11/h2-7H,1H3,(H,16,17). The Labute approximate surface area is 118 Å². The molecule has 20 heavy (non-hydrogen) atoms. The molecule has 0 fully saturated rings. The number of carbonyl (C=O) groups is 1. The van der Waals surface area contributed by atoms with Gasteiger partial charge in [-0.3, -0.25) is 10.1 Å². The van der Waals surface area contributed by atoms with Crippen LogP contribution in [-0.2, 0) is 0 Å². The molecule has 1 aromatic heterocycles. The van der Waals surface area contributed by atoms with Crippen LogP contribution in [0.3, 0.4) is 0 Å². The molecule has 0 aliphatic rings. The first kappa shape index (κ1) is 14.0. The topological polar surface area (TPSA) is 93.3 Å². The van der Waals surface area contributed by atoms with Gasteiger partial charge in [-0.15, -0.1) is 0 Å². The maximum absolute atomic E-state index is 11.0. The van der Waals surface area contributed by atoms with E-state index >= 15 is 0 Å². The van der Waals surface area contributed by atoms with Crippen molar-refractivity contribution in [2.75, 3.05) is 0 Å². The number of hydrogen-bond donors (Lipinski definition) is 1. The zero-order valence-corrected chi connectivity index (χ0v) is 11.3. The number of carboxylic acids is 1. The normalized spacial score (nSPS) is 10.2. The highest BCUT2D eigenvalue weighted by molar-refractivity contribution is 7.99. The van der Waals surface area contributed by atoms with Gasteiger partial charge in [-0.05, 0) is 24.6 Å². The summed E-state index contributed by atoms with van der Waals surface area (Å²) >= 11 is 1.08. The molecule has 0 unspecified atom stereocenters. The Morgan fingerprint density at radius 1 is 1.40 bits per heavy atom. The number of carboxylic acid groups (broad SMARTS) is 1. The summed E-state index contributed by atoms with van der Waals surface area (Å²) in [4.78, 5) is 26.0. The second kappa shape index (κ2) is 5.70. The van der Waals surface area contributed by atoms with Crippen molar-refractivity contribution in [1.82, 2.24) is 4.98 Å². The van der Waals surface area contributed by atoms with E-state index in [1.165, 1.54) is 24.4 Å². The monoisotopic (exact) mass is 290 g/mol. The number of rotatable bonds is 4. The SMILES string of the molecule is Cc1cccc([N+](=O)[O-])c1Sc1cc(C(=O)O)ccn1. The lowest BCUT2D eigenvalue weighted by molar-refractivity contribution is -0.387. The highest BCUT2D eigenvalue weighted by Gasteiger charge is 2.17. The smallest absolute Gasteiger partial charge is 0.335 e. The van der Waals surface area contributed by atoms with E-state index in [0.29, 0.717) is 9.92 Å². The maximum Gasteiger partial charge on any atom is 0.335 e. The highest BCUT2D eigenvalue weighted by Crippen LogP contribution is 2.36. The Balaban J connectivity index is 2.42. The van der Waals surface area contributed by atoms with E-state index in [4.69, 9.17) is 5.11 Å². The number of nitro groups is 1. The second-order valence-electron chi connectivity index (χ2n) is 3.97. The molecule has 0 aliphatic heterocycles. The molecule has 1 heterocycles. The molecule has 6 nitrogen and oxygen atoms in total. The van der Waals surface area contributed by atoms with Gasteiger partial charge in [0.1, 0.15) is 5.03 Å². The minimum Gasteiger partial charge on any atom is -0.478 e. The molecule has 0 aliphatic carbocycles. The summed E-state index contributed by atoms with van der Waals surface area (Å²) < 4.78 is 0. The van der Waals surface area contributed by atoms with Crippen LogP contribution in [0.15, 0.2) is 46.5 Å². The van der Waals surface area contributed by atoms with Crippen LogP contribution in [0, 0.1) is 17.0 Å². The lowest BCUT2D eigenvalue weighted by atomic mass is 10.2. The van der Waals surface area contributed by atoms with E-state index in [1.807, 2.05) is 0 Å². The van der Waals surface area contributed by atoms with Crippen LogP contribution >= 0.6 is 11.8 Å². The van der Waals surface area contributed by atoms with E-state index in [0.717, 1.165) is 17.3 Å². The molecule has 0 bridgehead atoms. The first-order valence-corrected chi connectivity index (χ1v) is 6.42. The minimum absolute atomic E-state index is 0.0162. The van der Waals surface area contributed by atoms with Crippen molar-refractivity contribution in [3.8, 4) is 0 Å². The van der Waals surface area contributed by atoms with Crippen LogP contribution in [0.5, 0.6) is 0 Å². The largest absolute Gasteiger partial charge is 0.478 e. The number of benzene rings is 1. The van der Waals surface area contributed by atoms with Gasteiger partial charge >= 0.3 is 5.97 Å². The lowest BCUT2D eigenvalue weighted by Crippen LogP contribution is -1.97. The van der Waals surface area contributed by atoms with Crippen molar-refractivity contribution in [1.29, 1.82) is 0 Å². The first-order chi connectivity index (χ1) is 9.49. The Morgan fingerprint density at radius 3 is 2.80 bits per heavy atom. The molecule has 1 N–H and O–H groups in total. The second-order valence-corrected chi connectivity index (χ2v) is 5.00. The number of nitrogens with zero attached hydrogens (tertiary/aromatic N) is 2. The average molecular weight is 290 g/mol. The van der Waals surface area contributed by atoms with E-state index < -0.39 is 10.9 Å². The van der Waals surface area contributed by atoms with Crippen LogP contribution < -0.4 is 0 Å². The molecule has 2 rings (SSSR count). The number of pyridine rings is 1. The Bertz CT molecular complexity index is 688. The molecular formula is C13H10N2O4S. The van der Waals surface area contributed by atoms with Crippen molar-refractivity contribution in [3.05, 3.63) is 57.8 Å². The lowest BCUT2D eigenvalue weighted by Gasteiger charge is -2.06. The van der Waals surface area contributed by atoms with Gasteiger partial charge in [0, 0.05) is 12.3 Å². The van der Waals surface area contributed by atoms with E-state index in [9.17, 15) is 14.9 Å². The Morgan fingerprint density at radius 2 is 2.15 bits per heavy atom. The quantitative estimate of drug-likeness (QED) is 0.686. The summed E-state index contributed by atoms with van der Waals surface area (Å²) in [6, 6.07) is 7.55. The highest BCUT2D eigenvalue weighted by atomic mass is 32.2. The van der Waals surface area contributed by atoms with Crippen molar-refractivity contribution in [2.45, 2.75) is 16.8 Å². The number of aryl methyl sites for hydroxylation is 1. The predicted octanol–water partition coefficient (Wildman–Crippen LogP) is 3.15. The van der Waals surface area contributed by atoms with E-state index in [1.54, 1.807) is 19.1 Å². The third-order valence-corrected chi connectivity index (χ3v) is 3.74. The van der Waals surface area contributed by atoms with Crippen molar-refractivity contribution >= 4 is 23.4 Å². The molecule has 1 aromatic carbocycles. The van der Waals surface area contributed by atoms with Gasteiger partial charge in [0.05, 0.1) is 15.4 Å². The van der Waals surface area contributed by atoms with Crippen LogP contribution in [0.1, 0.15) is 15.9 Å². The average Bonchev–Trinajstić information content (AvgIpc) is 2.41. The summed E-state index contributed by atoms with van der Waals surface area (Å²) in [6.07, 6.45) is 1.37. The minimum atomic E-state index is -1.06. The molecular weight excluding hydrogens is 280 g/mol. The molecule has 0 atom stereocenters. The molecule has 0 saturated heterocycles. The summed E-state index contributed by atoms with van der Waals surface area (Å²) in [5.74, 6) is -1.06. The van der Waals surface area contributed by atoms with Gasteiger partial charge < -0.3 is 5.11 Å². The first-order valence-electron chi connectivity index (χ1n) is 5.60. The summed E-state index contributed by atoms with van der Waals surface area (Å²) in [6.45, 7) is 1.76. The van der Waals surface area contributed by atoms with Gasteiger partial charge in [0.2, 0.25) is 0 Å². The van der Waals surface area contributed by atoms with Crippen molar-refractivity contribution < 1.29 is 14.8 Å². The molecule has 102 valence electrons. The molecule has 0 spiro atoms.